The summed E-state index contributed by atoms with van der Waals surface area (Å²) in [6.45, 7) is 1.80. The van der Waals surface area contributed by atoms with Gasteiger partial charge < -0.3 is 10.1 Å². The van der Waals surface area contributed by atoms with Gasteiger partial charge in [0, 0.05) is 21.3 Å². The average molecular weight is 408 g/mol. The number of hydrogen-bond donors (Lipinski definition) is 1. The highest BCUT2D eigenvalue weighted by molar-refractivity contribution is 6.36. The number of tetrazole rings is 1. The van der Waals surface area contributed by atoms with Gasteiger partial charge >= 0.3 is 5.97 Å². The first-order valence-corrected chi connectivity index (χ1v) is 9.72. The van der Waals surface area contributed by atoms with Crippen LogP contribution in [-0.2, 0) is 9.53 Å². The number of carbonyl (C=O) groups is 1. The number of hydrogen-bond acceptors (Lipinski definition) is 6. The van der Waals surface area contributed by atoms with Crippen molar-refractivity contribution in [1.82, 2.24) is 20.2 Å². The van der Waals surface area contributed by atoms with Crippen molar-refractivity contribution in [2.24, 2.45) is 0 Å². The largest absolute Gasteiger partial charge is 0.459 e. The number of rotatable bonds is 3. The maximum atomic E-state index is 13.1. The Morgan fingerprint density at radius 1 is 1.22 bits per heavy atom. The molecule has 0 unspecified atom stereocenters. The van der Waals surface area contributed by atoms with Gasteiger partial charge in [-0.15, -0.1) is 0 Å². The summed E-state index contributed by atoms with van der Waals surface area (Å²) < 4.78 is 7.33. The molecule has 1 aliphatic carbocycles. The minimum Gasteiger partial charge on any atom is -0.459 e. The standard InChI is InChI=1S/C18H19Cl2N5O2/c1-10-14(17(26)27-11-6-3-2-4-7-11)16(25-18(21-10)22-23-24-25)15-12(19)8-5-9-13(15)20/h5,8-9,11,16H,2-4,6-7H2,1H3,(H,21,22,24)/t16-/m0/s1. The van der Waals surface area contributed by atoms with Gasteiger partial charge in [-0.25, -0.2) is 4.79 Å². The molecule has 1 fully saturated rings. The van der Waals surface area contributed by atoms with E-state index in [2.05, 4.69) is 20.8 Å². The van der Waals surface area contributed by atoms with Crippen LogP contribution in [0.4, 0.5) is 5.95 Å². The normalized spacial score (nSPS) is 20.2. The number of allylic oxidation sites excluding steroid dienone is 1. The van der Waals surface area contributed by atoms with E-state index in [1.165, 1.54) is 11.1 Å². The fourth-order valence-electron chi connectivity index (χ4n) is 3.71. The van der Waals surface area contributed by atoms with Crippen molar-refractivity contribution in [3.8, 4) is 0 Å². The third kappa shape index (κ3) is 3.41. The molecule has 2 aromatic rings. The average Bonchev–Trinajstić information content (AvgIpc) is 3.10. The molecule has 1 aliphatic heterocycles. The zero-order valence-corrected chi connectivity index (χ0v) is 16.3. The number of anilines is 1. The van der Waals surface area contributed by atoms with Crippen LogP contribution in [0.25, 0.3) is 0 Å². The molecule has 1 saturated carbocycles. The fraction of sp³-hybridized carbons (Fsp3) is 0.444. The Kier molecular flexibility index (Phi) is 5.06. The molecular formula is C18H19Cl2N5O2. The van der Waals surface area contributed by atoms with E-state index in [1.54, 1.807) is 25.1 Å². The van der Waals surface area contributed by atoms with Crippen LogP contribution in [0.5, 0.6) is 0 Å². The van der Waals surface area contributed by atoms with Gasteiger partial charge in [-0.1, -0.05) is 40.8 Å². The van der Waals surface area contributed by atoms with Crippen LogP contribution in [0.3, 0.4) is 0 Å². The van der Waals surface area contributed by atoms with Crippen LogP contribution in [-0.4, -0.2) is 32.3 Å². The van der Waals surface area contributed by atoms with E-state index in [0.29, 0.717) is 32.8 Å². The lowest BCUT2D eigenvalue weighted by atomic mass is 9.94. The third-order valence-electron chi connectivity index (χ3n) is 5.03. The summed E-state index contributed by atoms with van der Waals surface area (Å²) in [5.74, 6) is 0.0248. The van der Waals surface area contributed by atoms with Crippen LogP contribution in [0.15, 0.2) is 29.5 Å². The van der Waals surface area contributed by atoms with Crippen molar-refractivity contribution in [1.29, 1.82) is 0 Å². The molecule has 142 valence electrons. The summed E-state index contributed by atoms with van der Waals surface area (Å²) in [4.78, 5) is 13.1. The van der Waals surface area contributed by atoms with Crippen LogP contribution >= 0.6 is 23.2 Å². The Hall–Kier alpha value is -2.12. The minimum atomic E-state index is -0.659. The van der Waals surface area contributed by atoms with E-state index in [4.69, 9.17) is 27.9 Å². The first-order valence-electron chi connectivity index (χ1n) is 8.97. The molecular weight excluding hydrogens is 389 g/mol. The molecule has 0 amide bonds. The summed E-state index contributed by atoms with van der Waals surface area (Å²) in [7, 11) is 0. The van der Waals surface area contributed by atoms with E-state index >= 15 is 0 Å². The molecule has 9 heteroatoms. The summed E-state index contributed by atoms with van der Waals surface area (Å²) in [5, 5.41) is 15.7. The Morgan fingerprint density at radius 3 is 2.63 bits per heavy atom. The van der Waals surface area contributed by atoms with Crippen molar-refractivity contribution in [2.75, 3.05) is 5.32 Å². The fourth-order valence-corrected chi connectivity index (χ4v) is 4.32. The number of nitrogens with one attached hydrogen (secondary N) is 1. The molecule has 1 aromatic heterocycles. The number of aromatic nitrogens is 4. The van der Waals surface area contributed by atoms with Crippen LogP contribution in [0, 0.1) is 0 Å². The lowest BCUT2D eigenvalue weighted by molar-refractivity contribution is -0.146. The highest BCUT2D eigenvalue weighted by Gasteiger charge is 2.38. The number of nitrogens with zero attached hydrogens (tertiary/aromatic N) is 4. The van der Waals surface area contributed by atoms with Crippen molar-refractivity contribution in [3.63, 3.8) is 0 Å². The van der Waals surface area contributed by atoms with Crippen LogP contribution in [0.1, 0.15) is 50.6 Å². The molecule has 1 aromatic carbocycles. The highest BCUT2D eigenvalue weighted by atomic mass is 35.5. The molecule has 2 heterocycles. The monoisotopic (exact) mass is 407 g/mol. The Morgan fingerprint density at radius 2 is 1.93 bits per heavy atom. The second-order valence-electron chi connectivity index (χ2n) is 6.81. The lowest BCUT2D eigenvalue weighted by Crippen LogP contribution is -2.32. The predicted octanol–water partition coefficient (Wildman–Crippen LogP) is 4.14. The quantitative estimate of drug-likeness (QED) is 0.769. The van der Waals surface area contributed by atoms with Gasteiger partial charge in [-0.05, 0) is 55.2 Å². The Bertz CT molecular complexity index is 885. The minimum absolute atomic E-state index is 0.0656. The molecule has 27 heavy (non-hydrogen) atoms. The Balaban J connectivity index is 1.76. The summed E-state index contributed by atoms with van der Waals surface area (Å²) >= 11 is 12.9. The molecule has 0 bridgehead atoms. The second-order valence-corrected chi connectivity index (χ2v) is 7.63. The maximum absolute atomic E-state index is 13.1. The van der Waals surface area contributed by atoms with E-state index in [-0.39, 0.29) is 6.10 Å². The Labute approximate surface area is 166 Å². The van der Waals surface area contributed by atoms with Gasteiger partial charge in [0.1, 0.15) is 12.1 Å². The van der Waals surface area contributed by atoms with Crippen molar-refractivity contribution < 1.29 is 9.53 Å². The molecule has 0 spiro atoms. The topological polar surface area (TPSA) is 81.9 Å². The number of carbonyl (C=O) groups excluding carboxylic acids is 1. The second kappa shape index (κ2) is 7.48. The molecule has 7 nitrogen and oxygen atoms in total. The predicted molar refractivity (Wildman–Crippen MR) is 102 cm³/mol. The number of benzene rings is 1. The number of esters is 1. The van der Waals surface area contributed by atoms with Gasteiger partial charge in [0.05, 0.1) is 5.57 Å². The molecule has 1 N–H and O–H groups in total. The van der Waals surface area contributed by atoms with Gasteiger partial charge in [-0.3, -0.25) is 0 Å². The summed E-state index contributed by atoms with van der Waals surface area (Å²) in [6.07, 6.45) is 5.04. The molecule has 4 rings (SSSR count). The molecule has 1 atom stereocenters. The van der Waals surface area contributed by atoms with Gasteiger partial charge in [0.2, 0.25) is 5.95 Å². The van der Waals surface area contributed by atoms with E-state index in [1.807, 2.05) is 0 Å². The third-order valence-corrected chi connectivity index (χ3v) is 5.69. The highest BCUT2D eigenvalue weighted by Crippen LogP contribution is 2.41. The zero-order valence-electron chi connectivity index (χ0n) is 14.8. The molecule has 2 aliphatic rings. The van der Waals surface area contributed by atoms with Gasteiger partial charge in [0.15, 0.2) is 0 Å². The smallest absolute Gasteiger partial charge is 0.338 e. The summed E-state index contributed by atoms with van der Waals surface area (Å²) in [5.41, 5.74) is 1.61. The van der Waals surface area contributed by atoms with Gasteiger partial charge in [-0.2, -0.15) is 4.68 Å². The number of ether oxygens (including phenoxy) is 1. The van der Waals surface area contributed by atoms with Crippen LogP contribution in [0.2, 0.25) is 10.0 Å². The number of halogens is 2. The first kappa shape index (κ1) is 18.3. The van der Waals surface area contributed by atoms with Crippen LogP contribution < -0.4 is 5.32 Å². The van der Waals surface area contributed by atoms with Crippen molar-refractivity contribution in [2.45, 2.75) is 51.2 Å². The molecule has 0 saturated heterocycles. The van der Waals surface area contributed by atoms with Crippen molar-refractivity contribution >= 4 is 35.1 Å². The van der Waals surface area contributed by atoms with Crippen molar-refractivity contribution in [3.05, 3.63) is 45.1 Å². The lowest BCUT2D eigenvalue weighted by Gasteiger charge is -2.30. The first-order chi connectivity index (χ1) is 13.1. The van der Waals surface area contributed by atoms with E-state index in [9.17, 15) is 4.79 Å². The number of fused-ring (bicyclic) bond motifs is 1. The van der Waals surface area contributed by atoms with E-state index < -0.39 is 12.0 Å². The summed E-state index contributed by atoms with van der Waals surface area (Å²) in [6, 6.07) is 4.56. The maximum Gasteiger partial charge on any atom is 0.338 e. The SMILES string of the molecule is CC1=C(C(=O)OC2CCCCC2)[C@@H](c2c(Cl)cccc2Cl)n2nnnc2N1. The zero-order chi connectivity index (χ0) is 19.0. The molecule has 0 radical (unpaired) electrons. The van der Waals surface area contributed by atoms with E-state index in [0.717, 1.165) is 25.7 Å². The van der Waals surface area contributed by atoms with Gasteiger partial charge in [0.25, 0.3) is 0 Å².